The lowest BCUT2D eigenvalue weighted by Crippen LogP contribution is -2.24. The highest BCUT2D eigenvalue weighted by Crippen LogP contribution is 2.01. The Bertz CT molecular complexity index is 363. The van der Waals surface area contributed by atoms with E-state index in [1.54, 1.807) is 0 Å². The Hall–Kier alpha value is -0.690. The van der Waals surface area contributed by atoms with Gasteiger partial charge in [-0.1, -0.05) is 37.3 Å². The van der Waals surface area contributed by atoms with E-state index in [4.69, 9.17) is 0 Å². The summed E-state index contributed by atoms with van der Waals surface area (Å²) in [6.45, 7) is 4.17. The number of hydrogen-bond donors (Lipinski definition) is 1. The second kappa shape index (κ2) is 4.36. The highest BCUT2D eigenvalue weighted by atomic mass is 32.1. The molecule has 0 aromatic heterocycles. The summed E-state index contributed by atoms with van der Waals surface area (Å²) in [7, 11) is 0. The van der Waals surface area contributed by atoms with Gasteiger partial charge < -0.3 is 0 Å². The van der Waals surface area contributed by atoms with E-state index >= 15 is 0 Å². The third-order valence-corrected chi connectivity index (χ3v) is 2.47. The first-order chi connectivity index (χ1) is 5.79. The molecule has 12 heavy (non-hydrogen) atoms. The molecule has 1 heteroatoms. The van der Waals surface area contributed by atoms with Crippen LogP contribution in [0.5, 0.6) is 0 Å². The molecule has 1 aromatic carbocycles. The van der Waals surface area contributed by atoms with Crippen LogP contribution in [0.3, 0.4) is 0 Å². The maximum Gasteiger partial charge on any atom is -0.00947 e. The van der Waals surface area contributed by atoms with Gasteiger partial charge in [-0.25, -0.2) is 0 Å². The van der Waals surface area contributed by atoms with Crippen molar-refractivity contribution in [1.29, 1.82) is 0 Å². The Labute approximate surface area is 79.0 Å². The Morgan fingerprint density at radius 2 is 2.08 bits per heavy atom. The largest absolute Gasteiger partial charge is 0.147 e. The lowest BCUT2D eigenvalue weighted by Gasteiger charge is -1.94. The molecule has 0 aliphatic rings. The summed E-state index contributed by atoms with van der Waals surface area (Å²) in [4.78, 5) is 1.16. The van der Waals surface area contributed by atoms with Crippen LogP contribution in [-0.2, 0) is 0 Å². The average Bonchev–Trinajstić information content (AvgIpc) is 2.16. The number of thiol groups is 1. The first kappa shape index (κ1) is 9.40. The minimum Gasteiger partial charge on any atom is -0.147 e. The van der Waals surface area contributed by atoms with Crippen LogP contribution in [0.1, 0.15) is 20.3 Å². The Morgan fingerprint density at radius 3 is 2.67 bits per heavy atom. The number of hydrogen-bond acceptors (Lipinski definition) is 1. The fourth-order valence-corrected chi connectivity index (χ4v) is 1.41. The molecule has 0 N–H and O–H groups in total. The van der Waals surface area contributed by atoms with Crippen molar-refractivity contribution in [2.75, 3.05) is 0 Å². The van der Waals surface area contributed by atoms with Gasteiger partial charge in [0.1, 0.15) is 0 Å². The summed E-state index contributed by atoms with van der Waals surface area (Å²) in [5, 5.41) is 2.52. The van der Waals surface area contributed by atoms with E-state index in [2.05, 4.69) is 50.8 Å². The Morgan fingerprint density at radius 1 is 1.42 bits per heavy atom. The van der Waals surface area contributed by atoms with Gasteiger partial charge in [0.15, 0.2) is 0 Å². The molecule has 0 bridgehead atoms. The van der Waals surface area contributed by atoms with Crippen molar-refractivity contribution in [2.45, 2.75) is 20.3 Å². The van der Waals surface area contributed by atoms with Gasteiger partial charge in [0.25, 0.3) is 0 Å². The second-order valence-electron chi connectivity index (χ2n) is 2.68. The van der Waals surface area contributed by atoms with Gasteiger partial charge in [0.2, 0.25) is 0 Å². The lowest BCUT2D eigenvalue weighted by molar-refractivity contribution is 1.27. The molecule has 0 saturated heterocycles. The summed E-state index contributed by atoms with van der Waals surface area (Å²) in [5.41, 5.74) is 0. The minimum absolute atomic E-state index is 0.994. The second-order valence-corrected chi connectivity index (χ2v) is 3.22. The van der Waals surface area contributed by atoms with Crippen LogP contribution in [-0.4, -0.2) is 0 Å². The zero-order chi connectivity index (χ0) is 8.97. The van der Waals surface area contributed by atoms with Crippen LogP contribution in [0.2, 0.25) is 0 Å². The van der Waals surface area contributed by atoms with E-state index in [-0.39, 0.29) is 0 Å². The molecule has 0 unspecified atom stereocenters. The van der Waals surface area contributed by atoms with E-state index in [0.29, 0.717) is 0 Å². The quantitative estimate of drug-likeness (QED) is 0.624. The Kier molecular flexibility index (Phi) is 3.42. The van der Waals surface area contributed by atoms with E-state index in [0.717, 1.165) is 11.3 Å². The summed E-state index contributed by atoms with van der Waals surface area (Å²) in [6.07, 6.45) is 3.11. The van der Waals surface area contributed by atoms with Gasteiger partial charge in [-0.2, -0.15) is 0 Å². The zero-order valence-corrected chi connectivity index (χ0v) is 8.44. The molecular weight excluding hydrogens is 164 g/mol. The topological polar surface area (TPSA) is 0 Å². The fourth-order valence-electron chi connectivity index (χ4n) is 1.20. The predicted molar refractivity (Wildman–Crippen MR) is 58.5 cm³/mol. The SMILES string of the molecule is C/C=c1/cccc/c1=C(\S)CC. The van der Waals surface area contributed by atoms with Crippen molar-refractivity contribution in [1.82, 2.24) is 0 Å². The molecule has 0 saturated carbocycles. The molecular formula is C11H14S. The van der Waals surface area contributed by atoms with Gasteiger partial charge in [0.05, 0.1) is 0 Å². The van der Waals surface area contributed by atoms with Crippen molar-refractivity contribution in [3.8, 4) is 0 Å². The maximum absolute atomic E-state index is 4.44. The molecule has 0 heterocycles. The van der Waals surface area contributed by atoms with Crippen LogP contribution in [0.25, 0.3) is 11.0 Å². The molecule has 0 spiro atoms. The molecule has 0 atom stereocenters. The van der Waals surface area contributed by atoms with Gasteiger partial charge in [-0.3, -0.25) is 0 Å². The van der Waals surface area contributed by atoms with Crippen LogP contribution in [0.15, 0.2) is 24.3 Å². The highest BCUT2D eigenvalue weighted by molar-refractivity contribution is 7.90. The van der Waals surface area contributed by atoms with Crippen molar-refractivity contribution < 1.29 is 0 Å². The van der Waals surface area contributed by atoms with Crippen molar-refractivity contribution >= 4 is 23.6 Å². The normalized spacial score (nSPS) is 14.8. The standard InChI is InChI=1S/C11H14S/c1-3-9-7-5-6-8-10(9)11(12)4-2/h3,5-8,12H,4H2,1-2H3/b9-3-,11-10+. The van der Waals surface area contributed by atoms with Gasteiger partial charge in [-0.05, 0) is 28.7 Å². The van der Waals surface area contributed by atoms with E-state index in [1.807, 2.05) is 6.07 Å². The summed E-state index contributed by atoms with van der Waals surface area (Å²) < 4.78 is 0. The molecule has 0 radical (unpaired) electrons. The minimum atomic E-state index is 0.994. The molecule has 0 amide bonds. The van der Waals surface area contributed by atoms with Gasteiger partial charge in [0, 0.05) is 0 Å². The Balaban J connectivity index is 3.54. The van der Waals surface area contributed by atoms with Crippen LogP contribution in [0, 0.1) is 0 Å². The third kappa shape index (κ3) is 1.92. The van der Waals surface area contributed by atoms with E-state index < -0.39 is 0 Å². The van der Waals surface area contributed by atoms with Gasteiger partial charge in [-0.15, -0.1) is 12.6 Å². The molecule has 1 rings (SSSR count). The molecule has 0 fully saturated rings. The molecule has 0 aliphatic heterocycles. The van der Waals surface area contributed by atoms with Gasteiger partial charge >= 0.3 is 0 Å². The van der Waals surface area contributed by atoms with Crippen LogP contribution < -0.4 is 10.4 Å². The fraction of sp³-hybridized carbons (Fsp3) is 0.273. The molecule has 64 valence electrons. The van der Waals surface area contributed by atoms with E-state index in [9.17, 15) is 0 Å². The summed E-state index contributed by atoms with van der Waals surface area (Å²) in [5.74, 6) is 0. The lowest BCUT2D eigenvalue weighted by atomic mass is 10.2. The van der Waals surface area contributed by atoms with Crippen LogP contribution >= 0.6 is 12.6 Å². The number of benzene rings is 1. The zero-order valence-electron chi connectivity index (χ0n) is 7.54. The average molecular weight is 178 g/mol. The summed E-state index contributed by atoms with van der Waals surface area (Å²) in [6, 6.07) is 8.33. The number of rotatable bonds is 1. The maximum atomic E-state index is 4.44. The monoisotopic (exact) mass is 178 g/mol. The first-order valence-electron chi connectivity index (χ1n) is 4.23. The van der Waals surface area contributed by atoms with Crippen molar-refractivity contribution in [2.24, 2.45) is 0 Å². The third-order valence-electron chi connectivity index (χ3n) is 1.92. The van der Waals surface area contributed by atoms with Crippen LogP contribution in [0.4, 0.5) is 0 Å². The summed E-state index contributed by atoms with van der Waals surface area (Å²) >= 11 is 4.44. The van der Waals surface area contributed by atoms with Crippen molar-refractivity contribution in [3.63, 3.8) is 0 Å². The molecule has 1 aromatic rings. The smallest absolute Gasteiger partial charge is 0.00947 e. The highest BCUT2D eigenvalue weighted by Gasteiger charge is 1.88. The predicted octanol–water partition coefficient (Wildman–Crippen LogP) is 1.93. The molecule has 0 aliphatic carbocycles. The molecule has 0 nitrogen and oxygen atoms in total. The first-order valence-corrected chi connectivity index (χ1v) is 4.67. The van der Waals surface area contributed by atoms with E-state index in [1.165, 1.54) is 10.4 Å². The van der Waals surface area contributed by atoms with Crippen molar-refractivity contribution in [3.05, 3.63) is 34.7 Å².